The summed E-state index contributed by atoms with van der Waals surface area (Å²) in [5.41, 5.74) is 1.45. The first-order chi connectivity index (χ1) is 13.2. The number of aromatic nitrogens is 2. The first-order valence-electron chi connectivity index (χ1n) is 8.55. The van der Waals surface area contributed by atoms with Crippen LogP contribution >= 0.6 is 11.3 Å². The van der Waals surface area contributed by atoms with Crippen LogP contribution in [0.25, 0.3) is 10.9 Å². The Hall–Kier alpha value is -3.25. The summed E-state index contributed by atoms with van der Waals surface area (Å²) < 4.78 is 0. The molecule has 2 heterocycles. The van der Waals surface area contributed by atoms with E-state index in [2.05, 4.69) is 9.97 Å². The van der Waals surface area contributed by atoms with Crippen LogP contribution in [0.5, 0.6) is 0 Å². The number of hydrogen-bond acceptors (Lipinski definition) is 4. The molecule has 134 valence electrons. The Balaban J connectivity index is 1.68. The smallest absolute Gasteiger partial charge is 0.264 e. The molecule has 0 aliphatic heterocycles. The largest absolute Gasteiger partial charge is 0.326 e. The highest BCUT2D eigenvalue weighted by molar-refractivity contribution is 7.12. The molecule has 0 atom stereocenters. The van der Waals surface area contributed by atoms with Gasteiger partial charge < -0.3 is 9.88 Å². The molecular weight excluding hydrogens is 358 g/mol. The number of aromatic amines is 1. The van der Waals surface area contributed by atoms with Crippen molar-refractivity contribution in [3.8, 4) is 0 Å². The van der Waals surface area contributed by atoms with Crippen LogP contribution < -0.4 is 5.56 Å². The van der Waals surface area contributed by atoms with Crippen molar-refractivity contribution in [3.05, 3.63) is 98.7 Å². The number of thiophene rings is 1. The van der Waals surface area contributed by atoms with Gasteiger partial charge in [0.1, 0.15) is 5.82 Å². The average molecular weight is 375 g/mol. The van der Waals surface area contributed by atoms with Gasteiger partial charge in [0.2, 0.25) is 0 Å². The van der Waals surface area contributed by atoms with Gasteiger partial charge in [-0.2, -0.15) is 0 Å². The standard InChI is InChI=1S/C21H17N3O2S/c25-20-16-9-4-5-10-17(16)22-19(23-20)14-24(13-15-7-2-1-3-8-15)21(26)18-11-6-12-27-18/h1-12H,13-14H2,(H,22,23,25). The fourth-order valence-electron chi connectivity index (χ4n) is 2.95. The van der Waals surface area contributed by atoms with E-state index in [1.54, 1.807) is 23.1 Å². The molecule has 27 heavy (non-hydrogen) atoms. The number of nitrogens with zero attached hydrogens (tertiary/aromatic N) is 2. The van der Waals surface area contributed by atoms with Crippen LogP contribution in [0.1, 0.15) is 21.1 Å². The van der Waals surface area contributed by atoms with Crippen LogP contribution in [-0.2, 0) is 13.1 Å². The van der Waals surface area contributed by atoms with Crippen LogP contribution in [0.4, 0.5) is 0 Å². The van der Waals surface area contributed by atoms with Gasteiger partial charge in [-0.15, -0.1) is 11.3 Å². The quantitative estimate of drug-likeness (QED) is 0.577. The number of hydrogen-bond donors (Lipinski definition) is 1. The van der Waals surface area contributed by atoms with Gasteiger partial charge in [0, 0.05) is 6.54 Å². The van der Waals surface area contributed by atoms with E-state index in [9.17, 15) is 9.59 Å². The second-order valence-electron chi connectivity index (χ2n) is 6.15. The van der Waals surface area contributed by atoms with E-state index in [0.29, 0.717) is 28.1 Å². The monoisotopic (exact) mass is 375 g/mol. The fraction of sp³-hybridized carbons (Fsp3) is 0.0952. The number of carbonyl (C=O) groups is 1. The van der Waals surface area contributed by atoms with E-state index in [1.807, 2.05) is 53.9 Å². The number of para-hydroxylation sites is 1. The van der Waals surface area contributed by atoms with E-state index >= 15 is 0 Å². The predicted octanol–water partition coefficient (Wildman–Crippen LogP) is 3.83. The first kappa shape index (κ1) is 17.2. The minimum Gasteiger partial charge on any atom is -0.326 e. The van der Waals surface area contributed by atoms with Gasteiger partial charge in [-0.05, 0) is 29.1 Å². The second kappa shape index (κ2) is 7.55. The Morgan fingerprint density at radius 1 is 0.963 bits per heavy atom. The van der Waals surface area contributed by atoms with Gasteiger partial charge in [0.15, 0.2) is 0 Å². The fourth-order valence-corrected chi connectivity index (χ4v) is 3.64. The summed E-state index contributed by atoms with van der Waals surface area (Å²) in [6.07, 6.45) is 0. The Bertz CT molecular complexity index is 1120. The lowest BCUT2D eigenvalue weighted by Gasteiger charge is -2.22. The number of nitrogens with one attached hydrogen (secondary N) is 1. The van der Waals surface area contributed by atoms with Gasteiger partial charge >= 0.3 is 0 Å². The zero-order valence-electron chi connectivity index (χ0n) is 14.5. The lowest BCUT2D eigenvalue weighted by Crippen LogP contribution is -2.31. The van der Waals surface area contributed by atoms with Crippen molar-refractivity contribution in [3.63, 3.8) is 0 Å². The molecule has 2 aromatic carbocycles. The minimum absolute atomic E-state index is 0.0790. The van der Waals surface area contributed by atoms with E-state index < -0.39 is 0 Å². The van der Waals surface area contributed by atoms with Crippen molar-refractivity contribution in [1.82, 2.24) is 14.9 Å². The highest BCUT2D eigenvalue weighted by Crippen LogP contribution is 2.17. The Morgan fingerprint density at radius 2 is 1.74 bits per heavy atom. The summed E-state index contributed by atoms with van der Waals surface area (Å²) in [7, 11) is 0. The van der Waals surface area contributed by atoms with Crippen LogP contribution in [0.15, 0.2) is 76.9 Å². The number of carbonyl (C=O) groups excluding carboxylic acids is 1. The van der Waals surface area contributed by atoms with Gasteiger partial charge in [0.25, 0.3) is 11.5 Å². The van der Waals surface area contributed by atoms with Gasteiger partial charge in [-0.25, -0.2) is 4.98 Å². The van der Waals surface area contributed by atoms with Crippen molar-refractivity contribution < 1.29 is 4.79 Å². The zero-order chi connectivity index (χ0) is 18.6. The molecule has 1 N–H and O–H groups in total. The molecule has 4 aromatic rings. The van der Waals surface area contributed by atoms with E-state index in [-0.39, 0.29) is 18.0 Å². The number of benzene rings is 2. The highest BCUT2D eigenvalue weighted by Gasteiger charge is 2.19. The molecule has 4 rings (SSSR count). The van der Waals surface area contributed by atoms with Crippen LogP contribution in [-0.4, -0.2) is 20.8 Å². The normalized spacial score (nSPS) is 10.8. The minimum atomic E-state index is -0.196. The Kier molecular flexibility index (Phi) is 4.80. The Labute approximate surface area is 159 Å². The van der Waals surface area contributed by atoms with Crippen LogP contribution in [0.3, 0.4) is 0 Å². The molecule has 0 aliphatic carbocycles. The third-order valence-electron chi connectivity index (χ3n) is 4.24. The van der Waals surface area contributed by atoms with Crippen molar-refractivity contribution in [2.75, 3.05) is 0 Å². The Morgan fingerprint density at radius 3 is 2.52 bits per heavy atom. The number of fused-ring (bicyclic) bond motifs is 1. The maximum absolute atomic E-state index is 13.0. The van der Waals surface area contributed by atoms with Gasteiger partial charge in [-0.3, -0.25) is 9.59 Å². The van der Waals surface area contributed by atoms with Crippen molar-refractivity contribution in [2.45, 2.75) is 13.1 Å². The molecule has 1 amide bonds. The molecule has 0 saturated heterocycles. The molecular formula is C21H17N3O2S. The van der Waals surface area contributed by atoms with Crippen LogP contribution in [0, 0.1) is 0 Å². The van der Waals surface area contributed by atoms with Gasteiger partial charge in [-0.1, -0.05) is 48.5 Å². The summed E-state index contributed by atoms with van der Waals surface area (Å²) >= 11 is 1.40. The van der Waals surface area contributed by atoms with Crippen molar-refractivity contribution >= 4 is 28.1 Å². The molecule has 0 radical (unpaired) electrons. The topological polar surface area (TPSA) is 66.1 Å². The molecule has 0 spiro atoms. The number of amides is 1. The summed E-state index contributed by atoms with van der Waals surface area (Å²) in [4.78, 5) is 35.0. The molecule has 0 unspecified atom stereocenters. The second-order valence-corrected chi connectivity index (χ2v) is 7.10. The van der Waals surface area contributed by atoms with Gasteiger partial charge in [0.05, 0.1) is 22.3 Å². The molecule has 2 aromatic heterocycles. The maximum atomic E-state index is 13.0. The summed E-state index contributed by atoms with van der Waals surface area (Å²) in [6.45, 7) is 0.666. The third-order valence-corrected chi connectivity index (χ3v) is 5.10. The molecule has 5 nitrogen and oxygen atoms in total. The maximum Gasteiger partial charge on any atom is 0.264 e. The van der Waals surface area contributed by atoms with Crippen molar-refractivity contribution in [1.29, 1.82) is 0 Å². The van der Waals surface area contributed by atoms with E-state index in [4.69, 9.17) is 0 Å². The van der Waals surface area contributed by atoms with Crippen molar-refractivity contribution in [2.24, 2.45) is 0 Å². The highest BCUT2D eigenvalue weighted by atomic mass is 32.1. The molecule has 0 aliphatic rings. The first-order valence-corrected chi connectivity index (χ1v) is 9.43. The number of H-pyrrole nitrogens is 1. The van der Waals surface area contributed by atoms with E-state index in [0.717, 1.165) is 5.56 Å². The zero-order valence-corrected chi connectivity index (χ0v) is 15.3. The predicted molar refractivity (Wildman–Crippen MR) is 107 cm³/mol. The molecule has 0 saturated carbocycles. The third kappa shape index (κ3) is 3.80. The SMILES string of the molecule is O=C(c1cccs1)N(Cc1ccccc1)Cc1nc2ccccc2c(=O)[nH]1. The summed E-state index contributed by atoms with van der Waals surface area (Å²) in [5, 5.41) is 2.42. The molecule has 6 heteroatoms. The summed E-state index contributed by atoms with van der Waals surface area (Å²) in [5.74, 6) is 0.393. The average Bonchev–Trinajstić information content (AvgIpc) is 3.23. The summed E-state index contributed by atoms with van der Waals surface area (Å²) in [6, 6.07) is 20.6. The molecule has 0 bridgehead atoms. The lowest BCUT2D eigenvalue weighted by molar-refractivity contribution is 0.0730. The van der Waals surface area contributed by atoms with Crippen LogP contribution in [0.2, 0.25) is 0 Å². The molecule has 0 fully saturated rings. The lowest BCUT2D eigenvalue weighted by atomic mass is 10.2. The number of rotatable bonds is 5. The van der Waals surface area contributed by atoms with E-state index in [1.165, 1.54) is 11.3 Å².